The first-order chi connectivity index (χ1) is 14.2. The van der Waals surface area contributed by atoms with E-state index in [1.54, 1.807) is 11.8 Å². The second-order valence-corrected chi connectivity index (χ2v) is 9.32. The number of aryl methyl sites for hydroxylation is 1. The Balaban J connectivity index is 1.80. The summed E-state index contributed by atoms with van der Waals surface area (Å²) in [7, 11) is -1.44. The van der Waals surface area contributed by atoms with Gasteiger partial charge < -0.3 is 10.1 Å². The minimum atomic E-state index is -3.89. The number of hydroxylamine groups is 1. The third-order valence-corrected chi connectivity index (χ3v) is 6.70. The molecule has 0 fully saturated rings. The van der Waals surface area contributed by atoms with Gasteiger partial charge >= 0.3 is 5.97 Å². The molecule has 0 aromatic heterocycles. The van der Waals surface area contributed by atoms with Crippen molar-refractivity contribution in [3.8, 4) is 0 Å². The van der Waals surface area contributed by atoms with Gasteiger partial charge in [0.15, 0.2) is 6.61 Å². The Bertz CT molecular complexity index is 977. The second kappa shape index (κ2) is 11.1. The van der Waals surface area contributed by atoms with E-state index in [2.05, 4.69) is 5.32 Å². The lowest BCUT2D eigenvalue weighted by molar-refractivity contribution is -0.124. The number of ether oxygens (including phenoxy) is 1. The molecule has 0 saturated heterocycles. The summed E-state index contributed by atoms with van der Waals surface area (Å²) in [6.45, 7) is 1.98. The number of benzene rings is 2. The molecule has 0 heterocycles. The van der Waals surface area contributed by atoms with Gasteiger partial charge in [0.2, 0.25) is 0 Å². The summed E-state index contributed by atoms with van der Waals surface area (Å²) in [5.41, 5.74) is 1.20. The number of esters is 1. The minimum absolute atomic E-state index is 0.0169. The predicted molar refractivity (Wildman–Crippen MR) is 114 cm³/mol. The molecule has 0 radical (unpaired) electrons. The van der Waals surface area contributed by atoms with E-state index in [0.717, 1.165) is 4.90 Å². The van der Waals surface area contributed by atoms with Crippen molar-refractivity contribution < 1.29 is 27.6 Å². The third-order valence-electron chi connectivity index (χ3n) is 4.01. The molecule has 0 aliphatic rings. The van der Waals surface area contributed by atoms with Crippen molar-refractivity contribution in [1.29, 1.82) is 0 Å². The van der Waals surface area contributed by atoms with Crippen molar-refractivity contribution >= 4 is 33.7 Å². The van der Waals surface area contributed by atoms with Gasteiger partial charge in [-0.15, -0.1) is 11.8 Å². The van der Waals surface area contributed by atoms with E-state index in [1.165, 1.54) is 44.0 Å². The first-order valence-electron chi connectivity index (χ1n) is 9.00. The van der Waals surface area contributed by atoms with Crippen LogP contribution in [0.25, 0.3) is 0 Å². The monoisotopic (exact) mass is 452 g/mol. The number of amides is 1. The highest BCUT2D eigenvalue weighted by molar-refractivity contribution is 7.99. The van der Waals surface area contributed by atoms with Gasteiger partial charge in [0.1, 0.15) is 0 Å². The molecule has 2 rings (SSSR count). The fourth-order valence-corrected chi connectivity index (χ4v) is 4.08. The van der Waals surface area contributed by atoms with Gasteiger partial charge in [-0.25, -0.2) is 13.2 Å². The van der Waals surface area contributed by atoms with Crippen LogP contribution >= 0.6 is 11.8 Å². The van der Waals surface area contributed by atoms with Gasteiger partial charge in [0, 0.05) is 24.2 Å². The fraction of sp³-hybridized carbons (Fsp3) is 0.300. The largest absolute Gasteiger partial charge is 0.452 e. The molecular formula is C20H24N2O6S2. The molecule has 30 heavy (non-hydrogen) atoms. The van der Waals surface area contributed by atoms with Crippen molar-refractivity contribution in [3.63, 3.8) is 0 Å². The number of rotatable bonds is 10. The van der Waals surface area contributed by atoms with E-state index in [-0.39, 0.29) is 10.5 Å². The lowest BCUT2D eigenvalue weighted by Crippen LogP contribution is -2.30. The molecule has 2 aromatic carbocycles. The predicted octanol–water partition coefficient (Wildman–Crippen LogP) is 2.24. The van der Waals surface area contributed by atoms with Crippen molar-refractivity contribution in [1.82, 2.24) is 9.79 Å². The highest BCUT2D eigenvalue weighted by Crippen LogP contribution is 2.18. The van der Waals surface area contributed by atoms with Gasteiger partial charge in [-0.05, 0) is 37.3 Å². The van der Waals surface area contributed by atoms with E-state index < -0.39 is 28.5 Å². The van der Waals surface area contributed by atoms with E-state index in [4.69, 9.17) is 9.57 Å². The number of sulfonamides is 1. The summed E-state index contributed by atoms with van der Waals surface area (Å²) < 4.78 is 30.2. The molecule has 2 aromatic rings. The second-order valence-electron chi connectivity index (χ2n) is 6.21. The van der Waals surface area contributed by atoms with Gasteiger partial charge in [-0.3, -0.25) is 9.63 Å². The quantitative estimate of drug-likeness (QED) is 0.255. The summed E-state index contributed by atoms with van der Waals surface area (Å²) in [6.07, 6.45) is 0. The third kappa shape index (κ3) is 6.84. The Hall–Kier alpha value is -2.40. The van der Waals surface area contributed by atoms with Gasteiger partial charge in [0.25, 0.3) is 15.9 Å². The van der Waals surface area contributed by atoms with Crippen LogP contribution in [-0.2, 0) is 24.4 Å². The number of carbonyl (C=O) groups excluding carboxylic acids is 2. The Morgan fingerprint density at radius 2 is 1.83 bits per heavy atom. The molecule has 0 unspecified atom stereocenters. The van der Waals surface area contributed by atoms with Crippen LogP contribution in [-0.4, -0.2) is 57.8 Å². The van der Waals surface area contributed by atoms with E-state index in [0.29, 0.717) is 16.8 Å². The van der Waals surface area contributed by atoms with Crippen LogP contribution in [0.3, 0.4) is 0 Å². The van der Waals surface area contributed by atoms with Crippen LogP contribution in [0.4, 0.5) is 0 Å². The van der Waals surface area contributed by atoms with E-state index in [9.17, 15) is 18.0 Å². The Kier molecular flexibility index (Phi) is 8.85. The van der Waals surface area contributed by atoms with Crippen molar-refractivity contribution in [2.45, 2.75) is 16.7 Å². The lowest BCUT2D eigenvalue weighted by atomic mass is 10.2. The first-order valence-corrected chi connectivity index (χ1v) is 11.4. The molecule has 0 aliphatic carbocycles. The van der Waals surface area contributed by atoms with Crippen LogP contribution in [0, 0.1) is 6.92 Å². The Morgan fingerprint density at radius 3 is 2.50 bits per heavy atom. The Morgan fingerprint density at radius 1 is 1.13 bits per heavy atom. The summed E-state index contributed by atoms with van der Waals surface area (Å²) in [4.78, 5) is 29.7. The Labute approximate surface area is 180 Å². The van der Waals surface area contributed by atoms with E-state index in [1.807, 2.05) is 31.2 Å². The summed E-state index contributed by atoms with van der Waals surface area (Å²) in [5, 5.41) is 2.67. The lowest BCUT2D eigenvalue weighted by Gasteiger charge is -2.14. The highest BCUT2D eigenvalue weighted by atomic mass is 32.2. The van der Waals surface area contributed by atoms with Crippen LogP contribution in [0.2, 0.25) is 0 Å². The standard InChI is InChI=1S/C20H24N2O6S2/c1-15-7-9-17(10-8-15)29-12-11-21-19(23)14-28-20(24)16-5-4-6-18(13-16)30(25,26)22(2)27-3/h4-10,13H,11-12,14H2,1-3H3,(H,21,23). The number of hydrogen-bond donors (Lipinski definition) is 1. The highest BCUT2D eigenvalue weighted by Gasteiger charge is 2.22. The molecule has 0 bridgehead atoms. The maximum absolute atomic E-state index is 12.3. The molecule has 10 heteroatoms. The van der Waals surface area contributed by atoms with Crippen molar-refractivity contribution in [3.05, 3.63) is 59.7 Å². The number of carbonyl (C=O) groups is 2. The van der Waals surface area contributed by atoms with Crippen molar-refractivity contribution in [2.75, 3.05) is 33.1 Å². The minimum Gasteiger partial charge on any atom is -0.452 e. The molecule has 162 valence electrons. The molecule has 0 atom stereocenters. The maximum Gasteiger partial charge on any atom is 0.338 e. The number of nitrogens with zero attached hydrogens (tertiary/aromatic N) is 1. The SMILES string of the molecule is CON(C)S(=O)(=O)c1cccc(C(=O)OCC(=O)NCCSc2ccc(C)cc2)c1. The molecule has 1 N–H and O–H groups in total. The summed E-state index contributed by atoms with van der Waals surface area (Å²) in [5.74, 6) is -0.553. The molecular weight excluding hydrogens is 428 g/mol. The zero-order valence-electron chi connectivity index (χ0n) is 17.0. The zero-order chi connectivity index (χ0) is 22.1. The average molecular weight is 453 g/mol. The van der Waals surface area contributed by atoms with Crippen molar-refractivity contribution in [2.24, 2.45) is 0 Å². The summed E-state index contributed by atoms with van der Waals surface area (Å²) >= 11 is 1.61. The molecule has 1 amide bonds. The zero-order valence-corrected chi connectivity index (χ0v) is 18.6. The average Bonchev–Trinajstić information content (AvgIpc) is 2.75. The molecule has 8 nitrogen and oxygen atoms in total. The van der Waals surface area contributed by atoms with Crippen LogP contribution in [0.15, 0.2) is 58.3 Å². The normalized spacial score (nSPS) is 11.3. The smallest absolute Gasteiger partial charge is 0.338 e. The van der Waals surface area contributed by atoms with E-state index >= 15 is 0 Å². The molecule has 0 saturated carbocycles. The number of hydrogen-bond acceptors (Lipinski definition) is 7. The van der Waals surface area contributed by atoms with Crippen LogP contribution < -0.4 is 5.32 Å². The van der Waals surface area contributed by atoms with Gasteiger partial charge in [0.05, 0.1) is 17.6 Å². The van der Waals surface area contributed by atoms with Crippen LogP contribution in [0.5, 0.6) is 0 Å². The molecule has 0 spiro atoms. The number of thioether (sulfide) groups is 1. The first kappa shape index (κ1) is 23.9. The fourth-order valence-electron chi connectivity index (χ4n) is 2.29. The number of nitrogens with one attached hydrogen (secondary N) is 1. The topological polar surface area (TPSA) is 102 Å². The molecule has 0 aliphatic heterocycles. The van der Waals surface area contributed by atoms with Crippen LogP contribution in [0.1, 0.15) is 15.9 Å². The maximum atomic E-state index is 12.3. The van der Waals surface area contributed by atoms with Gasteiger partial charge in [-0.2, -0.15) is 0 Å². The summed E-state index contributed by atoms with van der Waals surface area (Å²) in [6, 6.07) is 13.4. The van der Waals surface area contributed by atoms with Gasteiger partial charge in [-0.1, -0.05) is 28.2 Å².